The lowest BCUT2D eigenvalue weighted by atomic mass is 10.1. The number of nitrogens with zero attached hydrogens (tertiary/aromatic N) is 2. The summed E-state index contributed by atoms with van der Waals surface area (Å²) in [4.78, 5) is 6.65. The molecule has 1 saturated heterocycles. The van der Waals surface area contributed by atoms with Gasteiger partial charge >= 0.3 is 0 Å². The van der Waals surface area contributed by atoms with Crippen molar-refractivity contribution in [3.63, 3.8) is 0 Å². The molecule has 80 valence electrons. The first kappa shape index (κ1) is 9.73. The van der Waals surface area contributed by atoms with Crippen LogP contribution in [-0.2, 0) is 9.47 Å². The molecule has 0 aliphatic carbocycles. The molecule has 2 aliphatic heterocycles. The molecule has 1 N–H and O–H groups in total. The van der Waals surface area contributed by atoms with E-state index < -0.39 is 0 Å². The van der Waals surface area contributed by atoms with Crippen LogP contribution in [-0.4, -0.2) is 57.0 Å². The van der Waals surface area contributed by atoms with E-state index in [1.54, 1.807) is 14.2 Å². The van der Waals surface area contributed by atoms with Crippen molar-refractivity contribution in [2.75, 3.05) is 33.9 Å². The first-order chi connectivity index (χ1) is 6.86. The number of rotatable bonds is 3. The first-order valence-corrected chi connectivity index (χ1v) is 4.97. The van der Waals surface area contributed by atoms with Crippen LogP contribution in [0.4, 0.5) is 0 Å². The standard InChI is InChI=1S/C9H17N3O2/c1-13-8(14-2)7-3-4-10-9-11-5-6-12(7)9/h7-8H,3-6H2,1-2H3,(H,10,11). The van der Waals surface area contributed by atoms with E-state index in [1.807, 2.05) is 0 Å². The van der Waals surface area contributed by atoms with Gasteiger partial charge in [-0.25, -0.2) is 0 Å². The molecule has 5 heteroatoms. The van der Waals surface area contributed by atoms with Crippen molar-refractivity contribution in [2.24, 2.45) is 4.99 Å². The minimum atomic E-state index is -0.152. The van der Waals surface area contributed by atoms with E-state index >= 15 is 0 Å². The third-order valence-electron chi connectivity index (χ3n) is 2.77. The van der Waals surface area contributed by atoms with Crippen LogP contribution in [0.3, 0.4) is 0 Å². The maximum Gasteiger partial charge on any atom is 0.194 e. The summed E-state index contributed by atoms with van der Waals surface area (Å²) in [6.07, 6.45) is 0.845. The second-order valence-corrected chi connectivity index (χ2v) is 3.52. The summed E-state index contributed by atoms with van der Waals surface area (Å²) in [6.45, 7) is 2.81. The smallest absolute Gasteiger partial charge is 0.194 e. The quantitative estimate of drug-likeness (QED) is 0.630. The Kier molecular flexibility index (Phi) is 2.88. The van der Waals surface area contributed by atoms with E-state index in [0.29, 0.717) is 6.04 Å². The monoisotopic (exact) mass is 199 g/mol. The fraction of sp³-hybridized carbons (Fsp3) is 0.889. The second kappa shape index (κ2) is 4.14. The van der Waals surface area contributed by atoms with E-state index in [1.165, 1.54) is 0 Å². The Morgan fingerprint density at radius 2 is 2.29 bits per heavy atom. The predicted octanol–water partition coefficient (Wildman–Crippen LogP) is -0.361. The van der Waals surface area contributed by atoms with Crippen molar-refractivity contribution in [3.8, 4) is 0 Å². The Balaban J connectivity index is 2.08. The number of fused-ring (bicyclic) bond motifs is 1. The highest BCUT2D eigenvalue weighted by atomic mass is 16.7. The van der Waals surface area contributed by atoms with Crippen molar-refractivity contribution in [3.05, 3.63) is 0 Å². The van der Waals surface area contributed by atoms with Gasteiger partial charge in [0.05, 0.1) is 6.04 Å². The number of methoxy groups -OCH3 is 2. The third-order valence-corrected chi connectivity index (χ3v) is 2.77. The molecule has 0 aromatic rings. The van der Waals surface area contributed by atoms with Crippen LogP contribution in [0.1, 0.15) is 6.42 Å². The van der Waals surface area contributed by atoms with Crippen molar-refractivity contribution in [2.45, 2.75) is 18.8 Å². The Morgan fingerprint density at radius 1 is 1.50 bits per heavy atom. The van der Waals surface area contributed by atoms with Crippen molar-refractivity contribution >= 4 is 5.96 Å². The minimum absolute atomic E-state index is 0.152. The molecule has 5 nitrogen and oxygen atoms in total. The summed E-state index contributed by atoms with van der Waals surface area (Å²) >= 11 is 0. The molecule has 0 spiro atoms. The van der Waals surface area contributed by atoms with Gasteiger partial charge in [-0.3, -0.25) is 4.99 Å². The molecule has 0 saturated carbocycles. The van der Waals surface area contributed by atoms with Crippen LogP contribution < -0.4 is 5.32 Å². The average Bonchev–Trinajstić information content (AvgIpc) is 2.68. The molecule has 0 radical (unpaired) electrons. The van der Waals surface area contributed by atoms with E-state index in [-0.39, 0.29) is 6.29 Å². The third kappa shape index (κ3) is 1.57. The van der Waals surface area contributed by atoms with E-state index in [4.69, 9.17) is 9.47 Å². The summed E-state index contributed by atoms with van der Waals surface area (Å²) in [6, 6.07) is 0.299. The lowest BCUT2D eigenvalue weighted by Crippen LogP contribution is -2.50. The summed E-state index contributed by atoms with van der Waals surface area (Å²) < 4.78 is 10.6. The van der Waals surface area contributed by atoms with E-state index in [9.17, 15) is 0 Å². The van der Waals surface area contributed by atoms with Gasteiger partial charge in [-0.2, -0.15) is 0 Å². The Labute approximate surface area is 84.1 Å². The van der Waals surface area contributed by atoms with Crippen LogP contribution in [0.25, 0.3) is 0 Å². The number of guanidine groups is 1. The zero-order valence-electron chi connectivity index (χ0n) is 8.69. The fourth-order valence-electron chi connectivity index (χ4n) is 2.12. The normalized spacial score (nSPS) is 26.1. The van der Waals surface area contributed by atoms with Gasteiger partial charge < -0.3 is 19.7 Å². The van der Waals surface area contributed by atoms with Crippen LogP contribution in [0.15, 0.2) is 4.99 Å². The SMILES string of the molecule is COC(OC)C1CCN=C2NCCN21. The lowest BCUT2D eigenvalue weighted by Gasteiger charge is -2.35. The van der Waals surface area contributed by atoms with Gasteiger partial charge in [0.2, 0.25) is 0 Å². The molecule has 1 fully saturated rings. The predicted molar refractivity (Wildman–Crippen MR) is 53.2 cm³/mol. The topological polar surface area (TPSA) is 46.1 Å². The molecule has 1 unspecified atom stereocenters. The lowest BCUT2D eigenvalue weighted by molar-refractivity contribution is -0.138. The fourth-order valence-corrected chi connectivity index (χ4v) is 2.12. The number of hydrogen-bond donors (Lipinski definition) is 1. The molecule has 2 rings (SSSR count). The maximum atomic E-state index is 5.30. The van der Waals surface area contributed by atoms with Gasteiger partial charge in [-0.1, -0.05) is 0 Å². The van der Waals surface area contributed by atoms with E-state index in [0.717, 1.165) is 32.0 Å². The number of ether oxygens (including phenoxy) is 2. The number of nitrogens with one attached hydrogen (secondary N) is 1. The number of hydrogen-bond acceptors (Lipinski definition) is 5. The Morgan fingerprint density at radius 3 is 3.00 bits per heavy atom. The molecular formula is C9H17N3O2. The highest BCUT2D eigenvalue weighted by Crippen LogP contribution is 2.18. The van der Waals surface area contributed by atoms with Gasteiger partial charge in [0, 0.05) is 33.9 Å². The van der Waals surface area contributed by atoms with Gasteiger partial charge in [0.1, 0.15) is 0 Å². The maximum absolute atomic E-state index is 5.30. The van der Waals surface area contributed by atoms with Crippen molar-refractivity contribution < 1.29 is 9.47 Å². The van der Waals surface area contributed by atoms with Gasteiger partial charge in [-0.15, -0.1) is 0 Å². The summed E-state index contributed by atoms with van der Waals surface area (Å²) in [7, 11) is 3.37. The first-order valence-electron chi connectivity index (χ1n) is 4.97. The molecule has 2 aliphatic rings. The molecule has 0 bridgehead atoms. The summed E-state index contributed by atoms with van der Waals surface area (Å²) in [5.41, 5.74) is 0. The average molecular weight is 199 g/mol. The molecule has 0 aromatic carbocycles. The molecule has 14 heavy (non-hydrogen) atoms. The highest BCUT2D eigenvalue weighted by molar-refractivity contribution is 5.82. The minimum Gasteiger partial charge on any atom is -0.354 e. The van der Waals surface area contributed by atoms with Crippen LogP contribution in [0.5, 0.6) is 0 Å². The molecular weight excluding hydrogens is 182 g/mol. The zero-order valence-corrected chi connectivity index (χ0v) is 8.69. The molecule has 2 heterocycles. The van der Waals surface area contributed by atoms with Gasteiger partial charge in [-0.05, 0) is 6.42 Å². The van der Waals surface area contributed by atoms with Gasteiger partial charge in [0.25, 0.3) is 0 Å². The number of aliphatic imine (C=N–C) groups is 1. The van der Waals surface area contributed by atoms with Crippen molar-refractivity contribution in [1.82, 2.24) is 10.2 Å². The second-order valence-electron chi connectivity index (χ2n) is 3.52. The summed E-state index contributed by atoms with van der Waals surface area (Å²) in [5.74, 6) is 1.00. The van der Waals surface area contributed by atoms with Gasteiger partial charge in [0.15, 0.2) is 12.2 Å². The van der Waals surface area contributed by atoms with Crippen LogP contribution in [0, 0.1) is 0 Å². The largest absolute Gasteiger partial charge is 0.354 e. The zero-order chi connectivity index (χ0) is 9.97. The van der Waals surface area contributed by atoms with Crippen LogP contribution >= 0.6 is 0 Å². The van der Waals surface area contributed by atoms with Crippen molar-refractivity contribution in [1.29, 1.82) is 0 Å². The molecule has 0 amide bonds. The van der Waals surface area contributed by atoms with E-state index in [2.05, 4.69) is 15.2 Å². The van der Waals surface area contributed by atoms with Crippen LogP contribution in [0.2, 0.25) is 0 Å². The Hall–Kier alpha value is -0.810. The highest BCUT2D eigenvalue weighted by Gasteiger charge is 2.34. The Bertz CT molecular complexity index is 228. The molecule has 1 atom stereocenters. The summed E-state index contributed by atoms with van der Waals surface area (Å²) in [5, 5.41) is 3.26. The molecule has 0 aromatic heterocycles.